The van der Waals surface area contributed by atoms with Crippen molar-refractivity contribution in [2.45, 2.75) is 108 Å². The van der Waals surface area contributed by atoms with Crippen LogP contribution in [0.2, 0.25) is 0 Å². The minimum absolute atomic E-state index is 0.0952. The Bertz CT molecular complexity index is 674. The van der Waals surface area contributed by atoms with Crippen LogP contribution >= 0.6 is 0 Å². The third-order valence-corrected chi connectivity index (χ3v) is 10.8. The van der Waals surface area contributed by atoms with Gasteiger partial charge in [0.25, 0.3) is 0 Å². The molecule has 3 heteroatoms. The van der Waals surface area contributed by atoms with Crippen molar-refractivity contribution in [3.8, 4) is 0 Å². The molecule has 9 atom stereocenters. The Balaban J connectivity index is 1.31. The molecular weight excluding hydrogens is 346 g/mol. The average molecular weight is 386 g/mol. The lowest BCUT2D eigenvalue weighted by atomic mass is 9.47. The molecule has 0 amide bonds. The molecule has 0 aromatic rings. The second-order valence-electron chi connectivity index (χ2n) is 11.7. The van der Waals surface area contributed by atoms with Gasteiger partial charge in [0.2, 0.25) is 0 Å². The summed E-state index contributed by atoms with van der Waals surface area (Å²) in [5.74, 6) is 2.49. The predicted octanol–water partition coefficient (Wildman–Crippen LogP) is 4.59. The van der Waals surface area contributed by atoms with Crippen molar-refractivity contribution in [3.63, 3.8) is 0 Å². The number of rotatable bonds is 0. The molecular formula is C25H39NO2. The number of piperidine rings is 1. The zero-order chi connectivity index (χ0) is 19.1. The first-order valence-corrected chi connectivity index (χ1v) is 12.2. The highest BCUT2D eigenvalue weighted by Crippen LogP contribution is 2.69. The number of fused-ring (bicyclic) bond motifs is 7. The molecule has 5 fully saturated rings. The minimum atomic E-state index is -0.0952. The van der Waals surface area contributed by atoms with Gasteiger partial charge in [0.15, 0.2) is 0 Å². The molecule has 28 heavy (non-hydrogen) atoms. The van der Waals surface area contributed by atoms with Crippen molar-refractivity contribution in [2.24, 2.45) is 28.6 Å². The molecule has 156 valence electrons. The largest absolute Gasteiger partial charge is 0.393 e. The van der Waals surface area contributed by atoms with Gasteiger partial charge in [-0.2, -0.15) is 0 Å². The van der Waals surface area contributed by atoms with Crippen LogP contribution in [0.15, 0.2) is 11.6 Å². The fourth-order valence-electron chi connectivity index (χ4n) is 9.22. The zero-order valence-corrected chi connectivity index (χ0v) is 17.9. The first-order chi connectivity index (χ1) is 13.5. The van der Waals surface area contributed by atoms with Crippen molar-refractivity contribution < 1.29 is 9.84 Å². The highest BCUT2D eigenvalue weighted by atomic mass is 16.5. The standard InChI is InChI=1S/C25H39NO2/c1-23-10-7-17(27)14-16(23)5-6-18-19(23)8-11-24(2)20(18)9-12-25(24)15-21-22(28-25)4-3-13-26-21/h5,17-22,26-27H,3-4,6-15H2,1-2H3/t17-,18+,19-,20-,21-,22+,23-,24-,25+/m0/s1. The molecule has 0 aromatic carbocycles. The number of ether oxygens (including phenoxy) is 1. The van der Waals surface area contributed by atoms with E-state index in [1.165, 1.54) is 64.3 Å². The van der Waals surface area contributed by atoms with Gasteiger partial charge in [-0.05, 0) is 106 Å². The molecule has 6 aliphatic rings. The SMILES string of the molecule is C[C@]12CC[C@H](O)CC1=CC[C@@H]1[C@@H]2CC[C@@]2(C)[C@H]1CC[C@@]21C[C@@H]2NCCC[C@H]2O1. The highest BCUT2D eigenvalue weighted by Gasteiger charge is 2.67. The average Bonchev–Trinajstić information content (AvgIpc) is 3.20. The maximum Gasteiger partial charge on any atom is 0.0759 e. The van der Waals surface area contributed by atoms with Gasteiger partial charge in [0.05, 0.1) is 17.8 Å². The van der Waals surface area contributed by atoms with Gasteiger partial charge in [0.1, 0.15) is 0 Å². The van der Waals surface area contributed by atoms with Crippen LogP contribution in [-0.2, 0) is 4.74 Å². The predicted molar refractivity (Wildman–Crippen MR) is 111 cm³/mol. The van der Waals surface area contributed by atoms with Gasteiger partial charge in [-0.3, -0.25) is 0 Å². The molecule has 0 unspecified atom stereocenters. The Kier molecular flexibility index (Phi) is 3.99. The lowest BCUT2D eigenvalue weighted by molar-refractivity contribution is -0.151. The summed E-state index contributed by atoms with van der Waals surface area (Å²) in [6, 6.07) is 0.609. The van der Waals surface area contributed by atoms with E-state index in [1.807, 2.05) is 0 Å². The van der Waals surface area contributed by atoms with Crippen molar-refractivity contribution in [1.82, 2.24) is 5.32 Å². The lowest BCUT2D eigenvalue weighted by Crippen LogP contribution is -2.54. The molecule has 4 aliphatic carbocycles. The molecule has 0 bridgehead atoms. The number of hydrogen-bond acceptors (Lipinski definition) is 3. The van der Waals surface area contributed by atoms with Gasteiger partial charge >= 0.3 is 0 Å². The van der Waals surface area contributed by atoms with Crippen LogP contribution in [0.3, 0.4) is 0 Å². The van der Waals surface area contributed by atoms with Gasteiger partial charge in [-0.1, -0.05) is 25.5 Å². The van der Waals surface area contributed by atoms with E-state index in [-0.39, 0.29) is 11.7 Å². The Morgan fingerprint density at radius 2 is 1.93 bits per heavy atom. The van der Waals surface area contributed by atoms with Crippen LogP contribution in [0, 0.1) is 28.6 Å². The van der Waals surface area contributed by atoms with Gasteiger partial charge in [0, 0.05) is 6.04 Å². The summed E-state index contributed by atoms with van der Waals surface area (Å²) in [6.07, 6.45) is 16.5. The van der Waals surface area contributed by atoms with Crippen LogP contribution in [0.1, 0.15) is 84.5 Å². The second-order valence-corrected chi connectivity index (χ2v) is 11.7. The fraction of sp³-hybridized carbons (Fsp3) is 0.920. The van der Waals surface area contributed by atoms with Crippen molar-refractivity contribution in [3.05, 3.63) is 11.6 Å². The summed E-state index contributed by atoms with van der Waals surface area (Å²) in [6.45, 7) is 6.34. The Labute approximate surface area is 170 Å². The van der Waals surface area contributed by atoms with E-state index in [4.69, 9.17) is 4.74 Å². The maximum absolute atomic E-state index is 10.2. The van der Waals surface area contributed by atoms with E-state index in [1.54, 1.807) is 5.57 Å². The normalized spacial score (nSPS) is 57.9. The monoisotopic (exact) mass is 385 g/mol. The van der Waals surface area contributed by atoms with E-state index < -0.39 is 0 Å². The molecule has 3 saturated carbocycles. The molecule has 0 radical (unpaired) electrons. The van der Waals surface area contributed by atoms with Gasteiger partial charge in [-0.15, -0.1) is 0 Å². The van der Waals surface area contributed by atoms with Crippen LogP contribution in [0.4, 0.5) is 0 Å². The fourth-order valence-corrected chi connectivity index (χ4v) is 9.22. The Morgan fingerprint density at radius 1 is 1.07 bits per heavy atom. The van der Waals surface area contributed by atoms with E-state index >= 15 is 0 Å². The number of aliphatic hydroxyl groups is 1. The summed E-state index contributed by atoms with van der Waals surface area (Å²) in [5, 5.41) is 14.0. The highest BCUT2D eigenvalue weighted by molar-refractivity contribution is 5.27. The van der Waals surface area contributed by atoms with E-state index in [0.29, 0.717) is 23.0 Å². The molecule has 2 heterocycles. The second kappa shape index (κ2) is 6.08. The maximum atomic E-state index is 10.2. The molecule has 2 N–H and O–H groups in total. The summed E-state index contributed by atoms with van der Waals surface area (Å²) < 4.78 is 7.00. The number of nitrogens with one attached hydrogen (secondary N) is 1. The summed E-state index contributed by atoms with van der Waals surface area (Å²) in [5.41, 5.74) is 2.45. The topological polar surface area (TPSA) is 41.5 Å². The summed E-state index contributed by atoms with van der Waals surface area (Å²) in [4.78, 5) is 0. The third kappa shape index (κ3) is 2.28. The molecule has 2 saturated heterocycles. The molecule has 3 nitrogen and oxygen atoms in total. The van der Waals surface area contributed by atoms with Crippen molar-refractivity contribution in [1.29, 1.82) is 0 Å². The minimum Gasteiger partial charge on any atom is -0.393 e. The van der Waals surface area contributed by atoms with E-state index in [0.717, 1.165) is 30.6 Å². The Morgan fingerprint density at radius 3 is 2.79 bits per heavy atom. The lowest BCUT2D eigenvalue weighted by Gasteiger charge is -2.59. The van der Waals surface area contributed by atoms with Gasteiger partial charge < -0.3 is 15.2 Å². The van der Waals surface area contributed by atoms with Crippen LogP contribution in [0.25, 0.3) is 0 Å². The number of allylic oxidation sites excluding steroid dienone is 1. The van der Waals surface area contributed by atoms with Gasteiger partial charge in [-0.25, -0.2) is 0 Å². The van der Waals surface area contributed by atoms with Crippen LogP contribution < -0.4 is 5.32 Å². The van der Waals surface area contributed by atoms with Crippen molar-refractivity contribution in [2.75, 3.05) is 6.54 Å². The van der Waals surface area contributed by atoms with Crippen LogP contribution in [0.5, 0.6) is 0 Å². The summed E-state index contributed by atoms with van der Waals surface area (Å²) in [7, 11) is 0. The van der Waals surface area contributed by atoms with E-state index in [9.17, 15) is 5.11 Å². The number of aliphatic hydroxyl groups excluding tert-OH is 1. The molecule has 0 aromatic heterocycles. The smallest absolute Gasteiger partial charge is 0.0759 e. The molecule has 1 spiro atoms. The zero-order valence-electron chi connectivity index (χ0n) is 17.9. The first-order valence-electron chi connectivity index (χ1n) is 12.2. The third-order valence-electron chi connectivity index (χ3n) is 10.8. The number of hydrogen-bond donors (Lipinski definition) is 2. The summed E-state index contributed by atoms with van der Waals surface area (Å²) >= 11 is 0. The van der Waals surface area contributed by atoms with Crippen molar-refractivity contribution >= 4 is 0 Å². The molecule has 6 rings (SSSR count). The Hall–Kier alpha value is -0.380. The molecule has 2 aliphatic heterocycles. The first kappa shape index (κ1) is 18.4. The van der Waals surface area contributed by atoms with Crippen LogP contribution in [-0.4, -0.2) is 35.5 Å². The quantitative estimate of drug-likeness (QED) is 0.599. The van der Waals surface area contributed by atoms with E-state index in [2.05, 4.69) is 25.2 Å².